The molecule has 1 aromatic rings. The fourth-order valence-corrected chi connectivity index (χ4v) is 5.16. The average molecular weight is 492 g/mol. The molecule has 1 heterocycles. The summed E-state index contributed by atoms with van der Waals surface area (Å²) in [6, 6.07) is 6.34. The van der Waals surface area contributed by atoms with E-state index in [9.17, 15) is 4.79 Å². The van der Waals surface area contributed by atoms with Crippen LogP contribution in [0.15, 0.2) is 18.2 Å². The van der Waals surface area contributed by atoms with Gasteiger partial charge in [-0.25, -0.2) is 4.79 Å². The van der Waals surface area contributed by atoms with Crippen molar-refractivity contribution >= 4 is 11.8 Å². The van der Waals surface area contributed by atoms with Crippen molar-refractivity contribution in [2.24, 2.45) is 5.73 Å². The molecule has 0 aliphatic carbocycles. The molecule has 0 bridgehead atoms. The van der Waals surface area contributed by atoms with E-state index < -0.39 is 6.09 Å². The number of hydrogen-bond donors (Lipinski definition) is 2. The maximum Gasteiger partial charge on any atom is 0.412 e. The quantitative estimate of drug-likeness (QED) is 0.262. The predicted molar refractivity (Wildman–Crippen MR) is 144 cm³/mol. The van der Waals surface area contributed by atoms with Crippen LogP contribution in [0.5, 0.6) is 11.5 Å². The smallest absolute Gasteiger partial charge is 0.412 e. The van der Waals surface area contributed by atoms with Gasteiger partial charge in [0, 0.05) is 18.2 Å². The van der Waals surface area contributed by atoms with Crippen LogP contribution in [0, 0.1) is 0 Å². The maximum atomic E-state index is 12.6. The highest BCUT2D eigenvalue weighted by Crippen LogP contribution is 2.30. The zero-order chi connectivity index (χ0) is 25.5. The summed E-state index contributed by atoms with van der Waals surface area (Å²) in [6.07, 6.45) is 14.2. The van der Waals surface area contributed by atoms with Gasteiger partial charge in [0.15, 0.2) is 0 Å². The minimum Gasteiger partial charge on any atom is -0.497 e. The molecule has 0 aromatic heterocycles. The summed E-state index contributed by atoms with van der Waals surface area (Å²) in [7, 11) is 3.16. The third-order valence-electron chi connectivity index (χ3n) is 7.12. The number of anilines is 1. The Morgan fingerprint density at radius 1 is 1.06 bits per heavy atom. The Balaban J connectivity index is 1.77. The number of unbranched alkanes of at least 4 members (excludes halogenated alkanes) is 7. The number of nitrogens with two attached hydrogens (primary N) is 1. The predicted octanol–water partition coefficient (Wildman–Crippen LogP) is 6.35. The lowest BCUT2D eigenvalue weighted by Crippen LogP contribution is -2.47. The van der Waals surface area contributed by atoms with Gasteiger partial charge in [0.1, 0.15) is 17.6 Å². The number of ether oxygens (including phenoxy) is 3. The van der Waals surface area contributed by atoms with Gasteiger partial charge in [-0.15, -0.1) is 0 Å². The molecule has 200 valence electrons. The summed E-state index contributed by atoms with van der Waals surface area (Å²) in [4.78, 5) is 15.2. The minimum absolute atomic E-state index is 0.169. The first-order chi connectivity index (χ1) is 17.0. The molecule has 1 aliphatic heterocycles. The highest BCUT2D eigenvalue weighted by atomic mass is 16.6. The number of benzene rings is 1. The Hall–Kier alpha value is -1.99. The largest absolute Gasteiger partial charge is 0.497 e. The number of carbonyl (C=O) groups is 1. The lowest BCUT2D eigenvalue weighted by Gasteiger charge is -2.41. The molecular formula is C28H49N3O4. The topological polar surface area (TPSA) is 86.1 Å². The number of nitrogens with zero attached hydrogens (tertiary/aromatic N) is 1. The first-order valence-corrected chi connectivity index (χ1v) is 13.6. The number of carbonyl (C=O) groups excluding carboxylic acids is 1. The third-order valence-corrected chi connectivity index (χ3v) is 7.12. The lowest BCUT2D eigenvalue weighted by molar-refractivity contribution is 0.0443. The number of piperidine rings is 1. The number of hydrogen-bond acceptors (Lipinski definition) is 6. The second kappa shape index (κ2) is 16.6. The molecule has 0 spiro atoms. The van der Waals surface area contributed by atoms with Crippen LogP contribution in [0.4, 0.5) is 10.5 Å². The molecular weight excluding hydrogens is 442 g/mol. The van der Waals surface area contributed by atoms with Crippen molar-refractivity contribution in [1.29, 1.82) is 0 Å². The molecule has 1 saturated heterocycles. The standard InChI is InChI=1S/C28H49N3O4/c1-22-14-13-15-24(31(22)19-12-10-8-6-5-7-9-11-18-29)20-23(2)35-28(32)30-26-21-25(33-3)16-17-27(26)34-4/h16-17,21-24H,5-15,18-20,29H2,1-4H3,(H,30,32). The SMILES string of the molecule is COc1ccc(OC)c(NC(=O)OC(C)CC2CCCC(C)N2CCCCCCCCCCN)c1. The summed E-state index contributed by atoms with van der Waals surface area (Å²) >= 11 is 0. The van der Waals surface area contributed by atoms with Crippen LogP contribution < -0.4 is 20.5 Å². The van der Waals surface area contributed by atoms with Crippen molar-refractivity contribution in [2.75, 3.05) is 32.6 Å². The van der Waals surface area contributed by atoms with E-state index in [-0.39, 0.29) is 6.10 Å². The van der Waals surface area contributed by atoms with Gasteiger partial charge in [-0.3, -0.25) is 10.2 Å². The fraction of sp³-hybridized carbons (Fsp3) is 0.750. The molecule has 3 unspecified atom stereocenters. The molecule has 3 N–H and O–H groups in total. The Kier molecular flexibility index (Phi) is 13.9. The molecule has 0 saturated carbocycles. The van der Waals surface area contributed by atoms with Gasteiger partial charge < -0.3 is 19.9 Å². The summed E-state index contributed by atoms with van der Waals surface area (Å²) in [5, 5.41) is 2.81. The van der Waals surface area contributed by atoms with Crippen LogP contribution in [0.3, 0.4) is 0 Å². The second-order valence-electron chi connectivity index (χ2n) is 9.93. The molecule has 1 aliphatic rings. The summed E-state index contributed by atoms with van der Waals surface area (Å²) in [5.74, 6) is 1.21. The molecule has 1 fully saturated rings. The molecule has 7 nitrogen and oxygen atoms in total. The van der Waals surface area contributed by atoms with E-state index in [2.05, 4.69) is 17.1 Å². The van der Waals surface area contributed by atoms with Gasteiger partial charge in [0.05, 0.1) is 19.9 Å². The van der Waals surface area contributed by atoms with Gasteiger partial charge in [-0.2, -0.15) is 0 Å². The van der Waals surface area contributed by atoms with E-state index in [1.165, 1.54) is 64.2 Å². The third kappa shape index (κ3) is 10.7. The fourth-order valence-electron chi connectivity index (χ4n) is 5.16. The highest BCUT2D eigenvalue weighted by molar-refractivity contribution is 5.87. The Labute approximate surface area is 213 Å². The molecule has 2 rings (SSSR count). The number of amides is 1. The van der Waals surface area contributed by atoms with Crippen LogP contribution in [0.2, 0.25) is 0 Å². The normalized spacial score (nSPS) is 19.2. The van der Waals surface area contributed by atoms with Gasteiger partial charge >= 0.3 is 6.09 Å². The number of nitrogens with one attached hydrogen (secondary N) is 1. The first-order valence-electron chi connectivity index (χ1n) is 13.6. The molecule has 0 radical (unpaired) electrons. The van der Waals surface area contributed by atoms with E-state index in [1.54, 1.807) is 32.4 Å². The molecule has 1 aromatic carbocycles. The van der Waals surface area contributed by atoms with Crippen LogP contribution in [-0.2, 0) is 4.74 Å². The second-order valence-corrected chi connectivity index (χ2v) is 9.93. The van der Waals surface area contributed by atoms with Gasteiger partial charge in [-0.05, 0) is 71.2 Å². The zero-order valence-electron chi connectivity index (χ0n) is 22.5. The minimum atomic E-state index is -0.467. The molecule has 35 heavy (non-hydrogen) atoms. The van der Waals surface area contributed by atoms with Crippen LogP contribution >= 0.6 is 0 Å². The van der Waals surface area contributed by atoms with Crippen molar-refractivity contribution in [3.05, 3.63) is 18.2 Å². The van der Waals surface area contributed by atoms with E-state index in [0.717, 1.165) is 25.9 Å². The van der Waals surface area contributed by atoms with Crippen LogP contribution in [0.1, 0.15) is 90.9 Å². The summed E-state index contributed by atoms with van der Waals surface area (Å²) in [5.41, 5.74) is 6.10. The zero-order valence-corrected chi connectivity index (χ0v) is 22.5. The maximum absolute atomic E-state index is 12.6. The van der Waals surface area contributed by atoms with Crippen molar-refractivity contribution in [1.82, 2.24) is 4.90 Å². The highest BCUT2D eigenvalue weighted by Gasteiger charge is 2.29. The molecule has 1 amide bonds. The van der Waals surface area contributed by atoms with Crippen molar-refractivity contribution in [2.45, 2.75) is 109 Å². The van der Waals surface area contributed by atoms with Gasteiger partial charge in [0.2, 0.25) is 0 Å². The Bertz CT molecular complexity index is 730. The van der Waals surface area contributed by atoms with E-state index in [0.29, 0.717) is 29.3 Å². The van der Waals surface area contributed by atoms with E-state index in [1.807, 2.05) is 6.92 Å². The Morgan fingerprint density at radius 3 is 2.40 bits per heavy atom. The lowest BCUT2D eigenvalue weighted by atomic mass is 9.92. The van der Waals surface area contributed by atoms with Gasteiger partial charge in [0.25, 0.3) is 0 Å². The number of rotatable bonds is 16. The monoisotopic (exact) mass is 491 g/mol. The number of methoxy groups -OCH3 is 2. The van der Waals surface area contributed by atoms with Gasteiger partial charge in [-0.1, -0.05) is 44.9 Å². The average Bonchev–Trinajstić information content (AvgIpc) is 2.84. The first kappa shape index (κ1) is 29.2. The van der Waals surface area contributed by atoms with Crippen molar-refractivity contribution in [3.63, 3.8) is 0 Å². The number of likely N-dealkylation sites (tertiary alicyclic amines) is 1. The molecule has 7 heteroatoms. The Morgan fingerprint density at radius 2 is 1.74 bits per heavy atom. The van der Waals surface area contributed by atoms with Crippen molar-refractivity contribution in [3.8, 4) is 11.5 Å². The van der Waals surface area contributed by atoms with E-state index in [4.69, 9.17) is 19.9 Å². The van der Waals surface area contributed by atoms with Crippen LogP contribution in [0.25, 0.3) is 0 Å². The van der Waals surface area contributed by atoms with Crippen LogP contribution in [-0.4, -0.2) is 56.5 Å². The summed E-state index contributed by atoms with van der Waals surface area (Å²) < 4.78 is 16.3. The molecule has 3 atom stereocenters. The van der Waals surface area contributed by atoms with E-state index >= 15 is 0 Å². The van der Waals surface area contributed by atoms with Crippen molar-refractivity contribution < 1.29 is 19.0 Å². The summed E-state index contributed by atoms with van der Waals surface area (Å²) in [6.45, 7) is 6.29.